The number of likely N-dealkylation sites (N-methyl/N-ethyl adjacent to an activating group) is 2. The number of hydrogen-bond acceptors (Lipinski definition) is 3. The molecular formula is C14H32N2O. The second-order valence-corrected chi connectivity index (χ2v) is 5.64. The van der Waals surface area contributed by atoms with Crippen LogP contribution in [0.2, 0.25) is 0 Å². The summed E-state index contributed by atoms with van der Waals surface area (Å²) < 4.78 is 5.88. The van der Waals surface area contributed by atoms with Gasteiger partial charge in [-0.3, -0.25) is 0 Å². The molecule has 0 bridgehead atoms. The minimum atomic E-state index is 0.0585. The quantitative estimate of drug-likeness (QED) is 0.822. The molecule has 1 N–H and O–H groups in total. The number of hydrogen-bond donors (Lipinski definition) is 1. The van der Waals surface area contributed by atoms with Crippen LogP contribution in [0.1, 0.15) is 41.0 Å². The summed E-state index contributed by atoms with van der Waals surface area (Å²) in [4.78, 5) is 2.35. The van der Waals surface area contributed by atoms with Gasteiger partial charge in [-0.2, -0.15) is 0 Å². The van der Waals surface area contributed by atoms with Crippen LogP contribution in [0.3, 0.4) is 0 Å². The molecule has 0 aromatic heterocycles. The van der Waals surface area contributed by atoms with Crippen LogP contribution in [0.5, 0.6) is 0 Å². The van der Waals surface area contributed by atoms with Crippen molar-refractivity contribution in [3.8, 4) is 0 Å². The number of nitrogens with one attached hydrogen (secondary N) is 1. The lowest BCUT2D eigenvalue weighted by Crippen LogP contribution is -2.55. The van der Waals surface area contributed by atoms with E-state index in [0.717, 1.165) is 45.1 Å². The molecule has 0 aromatic carbocycles. The highest BCUT2D eigenvalue weighted by Gasteiger charge is 2.33. The lowest BCUT2D eigenvalue weighted by atomic mass is 9.98. The van der Waals surface area contributed by atoms with Gasteiger partial charge in [0.25, 0.3) is 0 Å². The average Bonchev–Trinajstić information content (AvgIpc) is 2.26. The lowest BCUT2D eigenvalue weighted by molar-refractivity contribution is -0.103. The van der Waals surface area contributed by atoms with E-state index in [-0.39, 0.29) is 5.60 Å². The summed E-state index contributed by atoms with van der Waals surface area (Å²) in [6.45, 7) is 15.8. The van der Waals surface area contributed by atoms with Crippen LogP contribution < -0.4 is 5.32 Å². The first-order valence-electron chi connectivity index (χ1n) is 6.99. The van der Waals surface area contributed by atoms with Crippen molar-refractivity contribution in [3.05, 3.63) is 0 Å². The van der Waals surface area contributed by atoms with E-state index in [1.165, 1.54) is 0 Å². The van der Waals surface area contributed by atoms with Crippen LogP contribution >= 0.6 is 0 Å². The lowest BCUT2D eigenvalue weighted by Gasteiger charge is -2.41. The highest BCUT2D eigenvalue weighted by atomic mass is 16.5. The highest BCUT2D eigenvalue weighted by molar-refractivity contribution is 4.87. The Bertz CT molecular complexity index is 182. The Morgan fingerprint density at radius 1 is 1.29 bits per heavy atom. The fourth-order valence-corrected chi connectivity index (χ4v) is 1.83. The Morgan fingerprint density at radius 2 is 1.88 bits per heavy atom. The molecule has 3 heteroatoms. The topological polar surface area (TPSA) is 24.5 Å². The van der Waals surface area contributed by atoms with E-state index in [0.29, 0.717) is 0 Å². The van der Waals surface area contributed by atoms with Crippen LogP contribution in [0.25, 0.3) is 0 Å². The van der Waals surface area contributed by atoms with Gasteiger partial charge in [0.1, 0.15) is 0 Å². The predicted octanol–water partition coefficient (Wildman–Crippen LogP) is 2.37. The molecule has 1 atom stereocenters. The molecule has 1 saturated heterocycles. The molecular weight excluding hydrogens is 212 g/mol. The molecule has 1 unspecified atom stereocenters. The fraction of sp³-hybridized carbons (Fsp3) is 1.00. The van der Waals surface area contributed by atoms with Gasteiger partial charge in [-0.25, -0.2) is 0 Å². The summed E-state index contributed by atoms with van der Waals surface area (Å²) in [6.07, 6.45) is 1.09. The molecule has 3 nitrogen and oxygen atoms in total. The molecule has 0 spiro atoms. The second kappa shape index (κ2) is 8.90. The van der Waals surface area contributed by atoms with Gasteiger partial charge < -0.3 is 15.0 Å². The Kier molecular flexibility index (Phi) is 8.83. The maximum absolute atomic E-state index is 5.88. The fourth-order valence-electron chi connectivity index (χ4n) is 1.83. The molecule has 0 saturated carbocycles. The van der Waals surface area contributed by atoms with Crippen LogP contribution in [0, 0.1) is 5.92 Å². The Labute approximate surface area is 108 Å². The Morgan fingerprint density at radius 3 is 2.29 bits per heavy atom. The summed E-state index contributed by atoms with van der Waals surface area (Å²) in [7, 11) is 2.17. The monoisotopic (exact) mass is 244 g/mol. The summed E-state index contributed by atoms with van der Waals surface area (Å²) in [6, 6.07) is 0. The Balaban J connectivity index is 0.000000557. The van der Waals surface area contributed by atoms with Crippen molar-refractivity contribution in [1.82, 2.24) is 10.2 Å². The summed E-state index contributed by atoms with van der Waals surface area (Å²) in [5, 5.41) is 3.38. The van der Waals surface area contributed by atoms with E-state index < -0.39 is 0 Å². The molecule has 0 aromatic rings. The van der Waals surface area contributed by atoms with Crippen LogP contribution in [0.15, 0.2) is 0 Å². The standard InChI is InChI=1S/C10H22N2O.C4H10/c1-4-10(8-11-5-2)9-12(3)6-7-13-10;1-4(2)3/h11H,4-9H2,1-3H3;4H,1-3H3. The molecule has 1 aliphatic rings. The molecule has 17 heavy (non-hydrogen) atoms. The molecule has 1 rings (SSSR count). The first-order chi connectivity index (χ1) is 7.95. The van der Waals surface area contributed by atoms with Crippen molar-refractivity contribution < 1.29 is 4.74 Å². The van der Waals surface area contributed by atoms with E-state index in [1.807, 2.05) is 0 Å². The minimum Gasteiger partial charge on any atom is -0.371 e. The molecule has 0 radical (unpaired) electrons. The van der Waals surface area contributed by atoms with Gasteiger partial charge in [0, 0.05) is 19.6 Å². The largest absolute Gasteiger partial charge is 0.371 e. The van der Waals surface area contributed by atoms with Gasteiger partial charge in [-0.05, 0) is 25.9 Å². The SMILES string of the molecule is CC(C)C.CCNCC1(CC)CN(C)CCO1. The van der Waals surface area contributed by atoms with E-state index >= 15 is 0 Å². The number of ether oxygens (including phenoxy) is 1. The van der Waals surface area contributed by atoms with E-state index in [1.54, 1.807) is 0 Å². The van der Waals surface area contributed by atoms with E-state index in [9.17, 15) is 0 Å². The molecule has 1 aliphatic heterocycles. The number of rotatable bonds is 4. The van der Waals surface area contributed by atoms with Gasteiger partial charge in [0.15, 0.2) is 0 Å². The van der Waals surface area contributed by atoms with Crippen molar-refractivity contribution in [2.24, 2.45) is 5.92 Å². The molecule has 1 fully saturated rings. The third kappa shape index (κ3) is 7.74. The summed E-state index contributed by atoms with van der Waals surface area (Å²) >= 11 is 0. The van der Waals surface area contributed by atoms with Crippen molar-refractivity contribution >= 4 is 0 Å². The smallest absolute Gasteiger partial charge is 0.0930 e. The van der Waals surface area contributed by atoms with Gasteiger partial charge in [0.05, 0.1) is 12.2 Å². The molecule has 104 valence electrons. The maximum atomic E-state index is 5.88. The van der Waals surface area contributed by atoms with E-state index in [4.69, 9.17) is 4.74 Å². The molecule has 0 aliphatic carbocycles. The van der Waals surface area contributed by atoms with Crippen LogP contribution in [-0.4, -0.2) is 50.3 Å². The first kappa shape index (κ1) is 16.9. The summed E-state index contributed by atoms with van der Waals surface area (Å²) in [5.41, 5.74) is 0.0585. The Hall–Kier alpha value is -0.120. The van der Waals surface area contributed by atoms with Gasteiger partial charge in [-0.15, -0.1) is 0 Å². The zero-order valence-corrected chi connectivity index (χ0v) is 12.7. The van der Waals surface area contributed by atoms with E-state index in [2.05, 4.69) is 51.9 Å². The van der Waals surface area contributed by atoms with Gasteiger partial charge in [0.2, 0.25) is 0 Å². The third-order valence-electron chi connectivity index (χ3n) is 2.78. The second-order valence-electron chi connectivity index (χ2n) is 5.64. The first-order valence-corrected chi connectivity index (χ1v) is 6.99. The minimum absolute atomic E-state index is 0.0585. The highest BCUT2D eigenvalue weighted by Crippen LogP contribution is 2.20. The normalized spacial score (nSPS) is 25.6. The zero-order valence-electron chi connectivity index (χ0n) is 12.7. The van der Waals surface area contributed by atoms with Crippen LogP contribution in [0.4, 0.5) is 0 Å². The van der Waals surface area contributed by atoms with Crippen molar-refractivity contribution in [3.63, 3.8) is 0 Å². The average molecular weight is 244 g/mol. The summed E-state index contributed by atoms with van der Waals surface area (Å²) in [5.74, 6) is 0.833. The zero-order chi connectivity index (χ0) is 13.3. The van der Waals surface area contributed by atoms with Crippen molar-refractivity contribution in [2.75, 3.05) is 39.8 Å². The van der Waals surface area contributed by atoms with Gasteiger partial charge in [-0.1, -0.05) is 34.6 Å². The molecule has 1 heterocycles. The third-order valence-corrected chi connectivity index (χ3v) is 2.78. The van der Waals surface area contributed by atoms with Gasteiger partial charge >= 0.3 is 0 Å². The van der Waals surface area contributed by atoms with Crippen molar-refractivity contribution in [2.45, 2.75) is 46.6 Å². The number of morpholine rings is 1. The van der Waals surface area contributed by atoms with Crippen molar-refractivity contribution in [1.29, 1.82) is 0 Å². The molecule has 0 amide bonds. The predicted molar refractivity (Wildman–Crippen MR) is 75.5 cm³/mol. The van der Waals surface area contributed by atoms with Crippen LogP contribution in [-0.2, 0) is 4.74 Å². The number of nitrogens with zero attached hydrogens (tertiary/aromatic N) is 1. The maximum Gasteiger partial charge on any atom is 0.0930 e.